The first-order chi connectivity index (χ1) is 6.69. The lowest BCUT2D eigenvalue weighted by atomic mass is 10.1. The summed E-state index contributed by atoms with van der Waals surface area (Å²) in [4.78, 5) is 0.838. The van der Waals surface area contributed by atoms with Crippen molar-refractivity contribution in [2.45, 2.75) is 18.4 Å². The molecule has 0 saturated heterocycles. The molecule has 3 nitrogen and oxygen atoms in total. The van der Waals surface area contributed by atoms with Gasteiger partial charge in [-0.15, -0.1) is 0 Å². The number of methoxy groups -OCH3 is 1. The Morgan fingerprint density at radius 2 is 2.29 bits per heavy atom. The summed E-state index contributed by atoms with van der Waals surface area (Å²) < 4.78 is 4.98. The van der Waals surface area contributed by atoms with Gasteiger partial charge in [-0.05, 0) is 41.9 Å². The van der Waals surface area contributed by atoms with Gasteiger partial charge in [-0.1, -0.05) is 0 Å². The average Bonchev–Trinajstić information content (AvgIpc) is 2.14. The van der Waals surface area contributed by atoms with Crippen molar-refractivity contribution in [2.75, 3.05) is 7.11 Å². The second-order valence-corrected chi connectivity index (χ2v) is 3.70. The monoisotopic (exact) mass is 209 g/mol. The summed E-state index contributed by atoms with van der Waals surface area (Å²) in [6.45, 7) is 2.20. The van der Waals surface area contributed by atoms with Crippen LogP contribution in [0.3, 0.4) is 0 Å². The molecular weight excluding hydrogens is 198 g/mol. The van der Waals surface area contributed by atoms with Crippen molar-refractivity contribution in [3.63, 3.8) is 0 Å². The molecule has 4 heteroatoms. The second kappa shape index (κ2) is 4.89. The Labute approximate surface area is 87.3 Å². The number of phenolic OH excluding ortho intramolecular Hbond substituents is 1. The molecule has 0 radical (unpaired) electrons. The van der Waals surface area contributed by atoms with E-state index in [0.29, 0.717) is 6.61 Å². The standard InChI is InChI=1S/C10H11NO2S/c1-7-3-10(14-6-11)8(5-13-2)4-9(7)12/h3-4,12H,5H2,1-2H3. The van der Waals surface area contributed by atoms with Crippen LogP contribution in [0, 0.1) is 17.6 Å². The Morgan fingerprint density at radius 1 is 1.57 bits per heavy atom. The lowest BCUT2D eigenvalue weighted by Crippen LogP contribution is -1.91. The van der Waals surface area contributed by atoms with Crippen molar-refractivity contribution in [1.29, 1.82) is 5.26 Å². The second-order valence-electron chi connectivity index (χ2n) is 2.87. The maximum atomic E-state index is 9.47. The van der Waals surface area contributed by atoms with E-state index >= 15 is 0 Å². The van der Waals surface area contributed by atoms with E-state index in [1.807, 2.05) is 5.40 Å². The van der Waals surface area contributed by atoms with Gasteiger partial charge in [0.15, 0.2) is 0 Å². The Balaban J connectivity index is 3.11. The van der Waals surface area contributed by atoms with E-state index in [0.717, 1.165) is 27.8 Å². The fraction of sp³-hybridized carbons (Fsp3) is 0.300. The maximum Gasteiger partial charge on any atom is 0.138 e. The van der Waals surface area contributed by atoms with Crippen LogP contribution < -0.4 is 0 Å². The van der Waals surface area contributed by atoms with E-state index in [-0.39, 0.29) is 5.75 Å². The number of thiocyanates is 1. The number of nitriles is 1. The zero-order valence-corrected chi connectivity index (χ0v) is 8.89. The number of ether oxygens (including phenoxy) is 1. The zero-order valence-electron chi connectivity index (χ0n) is 8.07. The van der Waals surface area contributed by atoms with Crippen molar-refractivity contribution in [1.82, 2.24) is 0 Å². The van der Waals surface area contributed by atoms with Gasteiger partial charge in [-0.3, -0.25) is 0 Å². The number of aryl methyl sites for hydroxylation is 1. The first-order valence-electron chi connectivity index (χ1n) is 4.06. The van der Waals surface area contributed by atoms with Gasteiger partial charge >= 0.3 is 0 Å². The van der Waals surface area contributed by atoms with Crippen LogP contribution in [0.1, 0.15) is 11.1 Å². The van der Waals surface area contributed by atoms with E-state index in [1.54, 1.807) is 26.2 Å². The fourth-order valence-corrected chi connectivity index (χ4v) is 1.71. The number of benzene rings is 1. The lowest BCUT2D eigenvalue weighted by Gasteiger charge is -2.07. The molecule has 0 fully saturated rings. The van der Waals surface area contributed by atoms with Gasteiger partial charge in [0.2, 0.25) is 0 Å². The van der Waals surface area contributed by atoms with Crippen LogP contribution in [0.5, 0.6) is 5.75 Å². The number of phenols is 1. The Kier molecular flexibility index (Phi) is 3.81. The van der Waals surface area contributed by atoms with Crippen LogP contribution in [0.4, 0.5) is 0 Å². The van der Waals surface area contributed by atoms with Gasteiger partial charge in [0.1, 0.15) is 11.2 Å². The third-order valence-electron chi connectivity index (χ3n) is 1.83. The molecule has 0 aliphatic rings. The van der Waals surface area contributed by atoms with Crippen molar-refractivity contribution >= 4 is 11.8 Å². The van der Waals surface area contributed by atoms with Crippen LogP contribution in [-0.2, 0) is 11.3 Å². The highest BCUT2D eigenvalue weighted by Crippen LogP contribution is 2.29. The molecule has 1 aromatic carbocycles. The third kappa shape index (κ3) is 2.41. The summed E-state index contributed by atoms with van der Waals surface area (Å²) >= 11 is 1.08. The van der Waals surface area contributed by atoms with Crippen LogP contribution in [0.25, 0.3) is 0 Å². The van der Waals surface area contributed by atoms with E-state index in [9.17, 15) is 5.11 Å². The predicted molar refractivity (Wildman–Crippen MR) is 55.0 cm³/mol. The van der Waals surface area contributed by atoms with E-state index in [4.69, 9.17) is 10.00 Å². The fourth-order valence-electron chi connectivity index (χ4n) is 1.13. The highest BCUT2D eigenvalue weighted by atomic mass is 32.2. The normalized spacial score (nSPS) is 9.79. The highest BCUT2D eigenvalue weighted by Gasteiger charge is 2.07. The molecule has 0 saturated carbocycles. The summed E-state index contributed by atoms with van der Waals surface area (Å²) in [5.41, 5.74) is 1.60. The molecule has 1 rings (SSSR count). The van der Waals surface area contributed by atoms with Gasteiger partial charge < -0.3 is 9.84 Å². The molecule has 0 spiro atoms. The van der Waals surface area contributed by atoms with E-state index < -0.39 is 0 Å². The summed E-state index contributed by atoms with van der Waals surface area (Å²) in [5, 5.41) is 20.1. The van der Waals surface area contributed by atoms with Crippen LogP contribution >= 0.6 is 11.8 Å². The van der Waals surface area contributed by atoms with Crippen molar-refractivity contribution in [3.8, 4) is 11.2 Å². The summed E-state index contributed by atoms with van der Waals surface area (Å²) in [6.07, 6.45) is 0. The number of nitrogens with zero attached hydrogens (tertiary/aromatic N) is 1. The minimum atomic E-state index is 0.235. The summed E-state index contributed by atoms with van der Waals surface area (Å²) in [5.74, 6) is 0.235. The van der Waals surface area contributed by atoms with Gasteiger partial charge in [-0.2, -0.15) is 5.26 Å². The van der Waals surface area contributed by atoms with E-state index in [1.165, 1.54) is 0 Å². The zero-order chi connectivity index (χ0) is 10.6. The number of aromatic hydroxyl groups is 1. The SMILES string of the molecule is COCc1cc(O)c(C)cc1SC#N. The van der Waals surface area contributed by atoms with Gasteiger partial charge in [-0.25, -0.2) is 0 Å². The molecule has 0 amide bonds. The Bertz CT molecular complexity index is 371. The predicted octanol–water partition coefficient (Wildman–Crippen LogP) is 2.42. The highest BCUT2D eigenvalue weighted by molar-refractivity contribution is 8.03. The van der Waals surface area contributed by atoms with Crippen LogP contribution in [0.2, 0.25) is 0 Å². The van der Waals surface area contributed by atoms with Crippen molar-refractivity contribution in [3.05, 3.63) is 23.3 Å². The van der Waals surface area contributed by atoms with Crippen LogP contribution in [0.15, 0.2) is 17.0 Å². The molecule has 0 aliphatic carbocycles. The molecule has 0 unspecified atom stereocenters. The Morgan fingerprint density at radius 3 is 2.86 bits per heavy atom. The smallest absolute Gasteiger partial charge is 0.138 e. The summed E-state index contributed by atoms with van der Waals surface area (Å²) in [7, 11) is 1.58. The lowest BCUT2D eigenvalue weighted by molar-refractivity contribution is 0.182. The van der Waals surface area contributed by atoms with Crippen molar-refractivity contribution in [2.24, 2.45) is 0 Å². The quantitative estimate of drug-likeness (QED) is 0.613. The minimum Gasteiger partial charge on any atom is -0.508 e. The van der Waals surface area contributed by atoms with E-state index in [2.05, 4.69) is 0 Å². The first-order valence-corrected chi connectivity index (χ1v) is 4.88. The maximum absolute atomic E-state index is 9.47. The number of rotatable bonds is 3. The van der Waals surface area contributed by atoms with Gasteiger partial charge in [0.25, 0.3) is 0 Å². The van der Waals surface area contributed by atoms with Crippen LogP contribution in [-0.4, -0.2) is 12.2 Å². The number of hydrogen-bond donors (Lipinski definition) is 1. The molecule has 0 heterocycles. The van der Waals surface area contributed by atoms with Crippen molar-refractivity contribution < 1.29 is 9.84 Å². The largest absolute Gasteiger partial charge is 0.508 e. The molecule has 0 atom stereocenters. The number of hydrogen-bond acceptors (Lipinski definition) is 4. The van der Waals surface area contributed by atoms with Gasteiger partial charge in [0, 0.05) is 12.0 Å². The molecule has 1 N–H and O–H groups in total. The molecular formula is C10H11NO2S. The van der Waals surface area contributed by atoms with Gasteiger partial charge in [0.05, 0.1) is 6.61 Å². The molecule has 0 aliphatic heterocycles. The topological polar surface area (TPSA) is 53.2 Å². The number of thioether (sulfide) groups is 1. The molecule has 74 valence electrons. The minimum absolute atomic E-state index is 0.235. The average molecular weight is 209 g/mol. The summed E-state index contributed by atoms with van der Waals surface area (Å²) in [6, 6.07) is 3.43. The third-order valence-corrected chi connectivity index (χ3v) is 2.53. The molecule has 0 bridgehead atoms. The molecule has 14 heavy (non-hydrogen) atoms. The Hall–Kier alpha value is -1.18. The first kappa shape index (κ1) is 10.9. The molecule has 1 aromatic rings. The molecule has 0 aromatic heterocycles.